The molecule has 10 heteroatoms. The molecule has 1 aromatic carbocycles. The van der Waals surface area contributed by atoms with E-state index < -0.39 is 33.9 Å². The topological polar surface area (TPSA) is 126 Å². The van der Waals surface area contributed by atoms with E-state index in [1.165, 1.54) is 18.9 Å². The molecule has 2 atom stereocenters. The maximum atomic E-state index is 12.5. The van der Waals surface area contributed by atoms with Crippen LogP contribution in [0.4, 0.5) is 0 Å². The third kappa shape index (κ3) is 4.22. The van der Waals surface area contributed by atoms with Crippen molar-refractivity contribution in [3.8, 4) is 0 Å². The van der Waals surface area contributed by atoms with Crippen LogP contribution in [0, 0.1) is 0 Å². The van der Waals surface area contributed by atoms with Gasteiger partial charge in [0.05, 0.1) is 29.0 Å². The van der Waals surface area contributed by atoms with Crippen LogP contribution in [-0.2, 0) is 30.6 Å². The van der Waals surface area contributed by atoms with Crippen LogP contribution in [0.15, 0.2) is 29.1 Å². The van der Waals surface area contributed by atoms with E-state index in [1.54, 1.807) is 24.3 Å². The van der Waals surface area contributed by atoms with E-state index in [0.29, 0.717) is 22.9 Å². The number of fused-ring (bicyclic) bond motifs is 1. The van der Waals surface area contributed by atoms with Crippen molar-refractivity contribution in [1.29, 1.82) is 0 Å². The Balaban J connectivity index is 1.66. The summed E-state index contributed by atoms with van der Waals surface area (Å²) >= 11 is 0. The molecule has 1 N–H and O–H groups in total. The number of esters is 1. The first-order valence-corrected chi connectivity index (χ1v) is 10.6. The van der Waals surface area contributed by atoms with Gasteiger partial charge in [-0.25, -0.2) is 13.5 Å². The molecular formula is C18H21N3O6S. The quantitative estimate of drug-likeness (QED) is 0.694. The Hall–Kier alpha value is -2.75. The molecule has 0 bridgehead atoms. The molecular weight excluding hydrogens is 386 g/mol. The number of ether oxygens (including phenoxy) is 1. The van der Waals surface area contributed by atoms with Gasteiger partial charge in [0.25, 0.3) is 11.5 Å². The van der Waals surface area contributed by atoms with Crippen molar-refractivity contribution in [2.24, 2.45) is 0 Å². The number of hydrogen-bond acceptors (Lipinski definition) is 7. The molecule has 0 unspecified atom stereocenters. The van der Waals surface area contributed by atoms with Crippen molar-refractivity contribution >= 4 is 32.5 Å². The van der Waals surface area contributed by atoms with E-state index in [2.05, 4.69) is 10.2 Å². The van der Waals surface area contributed by atoms with Crippen LogP contribution in [0.1, 0.15) is 19.0 Å². The zero-order chi connectivity index (χ0) is 20.5. The molecule has 2 aromatic rings. The van der Waals surface area contributed by atoms with Crippen molar-refractivity contribution < 1.29 is 22.7 Å². The number of carbonyl (C=O) groups is 2. The van der Waals surface area contributed by atoms with Crippen molar-refractivity contribution in [2.75, 3.05) is 18.6 Å². The minimum absolute atomic E-state index is 0.0500. The van der Waals surface area contributed by atoms with Gasteiger partial charge in [0.1, 0.15) is 0 Å². The summed E-state index contributed by atoms with van der Waals surface area (Å²) in [6.07, 6.45) is -0.899. The van der Waals surface area contributed by atoms with Crippen LogP contribution < -0.4 is 5.56 Å². The lowest BCUT2D eigenvalue weighted by Crippen LogP contribution is -2.44. The van der Waals surface area contributed by atoms with Gasteiger partial charge in [-0.3, -0.25) is 14.4 Å². The molecule has 0 saturated carbocycles. The van der Waals surface area contributed by atoms with Gasteiger partial charge in [-0.05, 0) is 19.4 Å². The van der Waals surface area contributed by atoms with E-state index in [9.17, 15) is 22.8 Å². The highest BCUT2D eigenvalue weighted by atomic mass is 32.2. The zero-order valence-corrected chi connectivity index (χ0v) is 16.4. The van der Waals surface area contributed by atoms with Crippen LogP contribution in [0.5, 0.6) is 0 Å². The first kappa shape index (κ1) is 20.0. The zero-order valence-electron chi connectivity index (χ0n) is 15.5. The van der Waals surface area contributed by atoms with E-state index in [-0.39, 0.29) is 23.5 Å². The summed E-state index contributed by atoms with van der Waals surface area (Å²) in [7, 11) is -1.62. The molecule has 0 radical (unpaired) electrons. The van der Waals surface area contributed by atoms with Crippen LogP contribution >= 0.6 is 0 Å². The van der Waals surface area contributed by atoms with Crippen molar-refractivity contribution in [3.05, 3.63) is 40.3 Å². The average molecular weight is 407 g/mol. The highest BCUT2D eigenvalue weighted by Crippen LogP contribution is 2.18. The first-order chi connectivity index (χ1) is 13.2. The Morgan fingerprint density at radius 2 is 2.00 bits per heavy atom. The highest BCUT2D eigenvalue weighted by Gasteiger charge is 2.35. The molecule has 1 amide bonds. The summed E-state index contributed by atoms with van der Waals surface area (Å²) in [5.74, 6) is -1.16. The molecule has 0 spiro atoms. The van der Waals surface area contributed by atoms with Crippen molar-refractivity contribution in [1.82, 2.24) is 15.1 Å². The summed E-state index contributed by atoms with van der Waals surface area (Å²) in [6, 6.07) is 6.34. The largest absolute Gasteiger partial charge is 0.452 e. The number of likely N-dealkylation sites (N-methyl/N-ethyl adjacent to an activating group) is 1. The Morgan fingerprint density at radius 3 is 2.64 bits per heavy atom. The highest BCUT2D eigenvalue weighted by molar-refractivity contribution is 7.91. The third-order valence-electron chi connectivity index (χ3n) is 4.85. The lowest BCUT2D eigenvalue weighted by Gasteiger charge is -2.26. The third-order valence-corrected chi connectivity index (χ3v) is 6.60. The van der Waals surface area contributed by atoms with Gasteiger partial charge in [-0.15, -0.1) is 0 Å². The summed E-state index contributed by atoms with van der Waals surface area (Å²) in [4.78, 5) is 37.9. The van der Waals surface area contributed by atoms with Gasteiger partial charge in [0.2, 0.25) is 0 Å². The Kier molecular flexibility index (Phi) is 5.50. The molecule has 1 fully saturated rings. The number of H-pyrrole nitrogens is 1. The molecule has 1 aliphatic rings. The molecule has 3 rings (SSSR count). The molecule has 1 saturated heterocycles. The summed E-state index contributed by atoms with van der Waals surface area (Å²) in [5.41, 5.74) is -0.0144. The van der Waals surface area contributed by atoms with Gasteiger partial charge in [0, 0.05) is 18.5 Å². The first-order valence-electron chi connectivity index (χ1n) is 8.81. The Labute approximate surface area is 161 Å². The molecule has 150 valence electrons. The number of rotatable bonds is 5. The van der Waals surface area contributed by atoms with Crippen molar-refractivity contribution in [3.63, 3.8) is 0 Å². The average Bonchev–Trinajstić information content (AvgIpc) is 3.02. The molecule has 28 heavy (non-hydrogen) atoms. The van der Waals surface area contributed by atoms with E-state index >= 15 is 0 Å². The second-order valence-electron chi connectivity index (χ2n) is 6.86. The number of aromatic nitrogens is 2. The number of hydrogen-bond donors (Lipinski definition) is 1. The number of benzene rings is 1. The predicted molar refractivity (Wildman–Crippen MR) is 101 cm³/mol. The van der Waals surface area contributed by atoms with E-state index in [1.807, 2.05) is 0 Å². The maximum absolute atomic E-state index is 12.5. The number of carbonyl (C=O) groups excluding carboxylic acids is 2. The monoisotopic (exact) mass is 407 g/mol. The predicted octanol–water partition coefficient (Wildman–Crippen LogP) is 0.0428. The Morgan fingerprint density at radius 1 is 1.32 bits per heavy atom. The maximum Gasteiger partial charge on any atom is 0.312 e. The normalized spacial score (nSPS) is 19.3. The van der Waals surface area contributed by atoms with Gasteiger partial charge in [-0.2, -0.15) is 5.10 Å². The lowest BCUT2D eigenvalue weighted by atomic mass is 10.1. The minimum Gasteiger partial charge on any atom is -0.452 e. The van der Waals surface area contributed by atoms with E-state index in [4.69, 9.17) is 4.74 Å². The molecule has 9 nitrogen and oxygen atoms in total. The van der Waals surface area contributed by atoms with E-state index in [0.717, 1.165) is 0 Å². The fraction of sp³-hybridized carbons (Fsp3) is 0.444. The fourth-order valence-corrected chi connectivity index (χ4v) is 5.05. The Bertz CT molecular complexity index is 1080. The van der Waals surface area contributed by atoms with Crippen LogP contribution in [0.2, 0.25) is 0 Å². The second-order valence-corrected chi connectivity index (χ2v) is 9.09. The molecule has 1 aliphatic heterocycles. The number of amides is 1. The summed E-state index contributed by atoms with van der Waals surface area (Å²) in [5, 5.41) is 7.20. The lowest BCUT2D eigenvalue weighted by molar-refractivity contribution is -0.158. The summed E-state index contributed by atoms with van der Waals surface area (Å²) < 4.78 is 28.4. The van der Waals surface area contributed by atoms with Gasteiger partial charge in [0.15, 0.2) is 15.9 Å². The summed E-state index contributed by atoms with van der Waals surface area (Å²) in [6.45, 7) is 1.44. The fourth-order valence-electron chi connectivity index (χ4n) is 3.28. The number of nitrogens with zero attached hydrogens (tertiary/aromatic N) is 2. The van der Waals surface area contributed by atoms with Crippen LogP contribution in [0.25, 0.3) is 10.8 Å². The molecule has 1 aromatic heterocycles. The van der Waals surface area contributed by atoms with Gasteiger partial charge < -0.3 is 9.64 Å². The van der Waals surface area contributed by atoms with Gasteiger partial charge >= 0.3 is 5.97 Å². The van der Waals surface area contributed by atoms with Crippen molar-refractivity contribution in [2.45, 2.75) is 31.9 Å². The van der Waals surface area contributed by atoms with Gasteiger partial charge in [-0.1, -0.05) is 18.2 Å². The SMILES string of the molecule is C[C@H](OC(=O)Cc1n[nH]c(=O)c2ccccc12)C(=O)N(C)[C@@H]1CCS(=O)(=O)C1. The minimum atomic E-state index is -3.13. The molecule has 0 aliphatic carbocycles. The van der Waals surface area contributed by atoms with Crippen LogP contribution in [0.3, 0.4) is 0 Å². The van der Waals surface area contributed by atoms with Crippen LogP contribution in [-0.4, -0.2) is 66.1 Å². The number of aromatic amines is 1. The number of sulfone groups is 1. The molecule has 2 heterocycles. The second kappa shape index (κ2) is 7.70. The number of nitrogens with one attached hydrogen (secondary N) is 1. The smallest absolute Gasteiger partial charge is 0.312 e. The standard InChI is InChI=1S/C18H21N3O6S/c1-11(18(24)21(2)12-7-8-28(25,26)10-12)27-16(22)9-15-13-5-3-4-6-14(13)17(23)20-19-15/h3-6,11-12H,7-10H2,1-2H3,(H,20,23)/t11-,12+/m0/s1.